The molecule has 2 aromatic rings. The highest BCUT2D eigenvalue weighted by Crippen LogP contribution is 2.14. The highest BCUT2D eigenvalue weighted by atomic mass is 32.2. The Morgan fingerprint density at radius 2 is 2.47 bits per heavy atom. The Hall–Kier alpha value is -1.48. The molecule has 7 nitrogen and oxygen atoms in total. The van der Waals surface area contributed by atoms with E-state index in [2.05, 4.69) is 37.6 Å². The van der Waals surface area contributed by atoms with Crippen molar-refractivity contribution in [2.45, 2.75) is 31.3 Å². The van der Waals surface area contributed by atoms with Gasteiger partial charge in [-0.3, -0.25) is 15.2 Å². The van der Waals surface area contributed by atoms with Crippen molar-refractivity contribution in [2.75, 3.05) is 11.1 Å². The van der Waals surface area contributed by atoms with Gasteiger partial charge in [0.05, 0.1) is 5.75 Å². The molecule has 0 aliphatic rings. The molecular weight excluding hydrogens is 284 g/mol. The Kier molecular flexibility index (Phi) is 5.28. The summed E-state index contributed by atoms with van der Waals surface area (Å²) in [6.45, 7) is 2.13. The summed E-state index contributed by atoms with van der Waals surface area (Å²) < 4.78 is 0. The first kappa shape index (κ1) is 13.9. The molecule has 2 aromatic heterocycles. The summed E-state index contributed by atoms with van der Waals surface area (Å²) in [5, 5.41) is 18.1. The quantitative estimate of drug-likeness (QED) is 0.756. The smallest absolute Gasteiger partial charge is 0.236 e. The lowest BCUT2D eigenvalue weighted by atomic mass is 10.2. The van der Waals surface area contributed by atoms with Crippen molar-refractivity contribution in [3.63, 3.8) is 0 Å². The van der Waals surface area contributed by atoms with E-state index < -0.39 is 0 Å². The zero-order chi connectivity index (χ0) is 13.5. The molecule has 0 bridgehead atoms. The van der Waals surface area contributed by atoms with Crippen LogP contribution >= 0.6 is 23.1 Å². The highest BCUT2D eigenvalue weighted by molar-refractivity contribution is 7.99. The van der Waals surface area contributed by atoms with Crippen LogP contribution in [-0.2, 0) is 11.2 Å². The number of hydrogen-bond acceptors (Lipinski definition) is 7. The van der Waals surface area contributed by atoms with Gasteiger partial charge in [-0.25, -0.2) is 4.98 Å². The summed E-state index contributed by atoms with van der Waals surface area (Å²) in [4.78, 5) is 15.9. The van der Waals surface area contributed by atoms with Crippen LogP contribution in [0.25, 0.3) is 0 Å². The van der Waals surface area contributed by atoms with E-state index in [4.69, 9.17) is 0 Å². The van der Waals surface area contributed by atoms with Crippen LogP contribution in [0, 0.1) is 0 Å². The Morgan fingerprint density at radius 3 is 3.21 bits per heavy atom. The van der Waals surface area contributed by atoms with E-state index in [-0.39, 0.29) is 11.7 Å². The minimum absolute atomic E-state index is 0.137. The maximum atomic E-state index is 11.6. The van der Waals surface area contributed by atoms with Crippen LogP contribution in [0.15, 0.2) is 10.7 Å². The number of carbonyl (C=O) groups is 1. The molecule has 0 unspecified atom stereocenters. The fraction of sp³-hybridized carbons (Fsp3) is 0.500. The number of anilines is 1. The molecule has 0 atom stereocenters. The Balaban J connectivity index is 1.75. The van der Waals surface area contributed by atoms with Gasteiger partial charge in [0.15, 0.2) is 0 Å². The maximum absolute atomic E-state index is 11.6. The van der Waals surface area contributed by atoms with E-state index in [1.807, 2.05) is 0 Å². The van der Waals surface area contributed by atoms with E-state index in [0.717, 1.165) is 25.1 Å². The summed E-state index contributed by atoms with van der Waals surface area (Å²) in [6, 6.07) is 0. The third-order valence-corrected chi connectivity index (χ3v) is 3.67. The molecule has 102 valence electrons. The zero-order valence-electron chi connectivity index (χ0n) is 10.4. The van der Waals surface area contributed by atoms with Crippen LogP contribution in [0.2, 0.25) is 0 Å². The molecule has 0 saturated carbocycles. The number of unbranched alkanes of at least 4 members (excludes halogenated alkanes) is 1. The predicted octanol–water partition coefficient (Wildman–Crippen LogP) is 1.73. The largest absolute Gasteiger partial charge is 0.300 e. The number of hydrogen-bond donors (Lipinski definition) is 2. The van der Waals surface area contributed by atoms with Gasteiger partial charge in [-0.1, -0.05) is 36.4 Å². The summed E-state index contributed by atoms with van der Waals surface area (Å²) in [6.07, 6.45) is 3.09. The fourth-order valence-electron chi connectivity index (χ4n) is 1.31. The SMILES string of the molecule is CCCCc1nc(SCC(=O)Nc2nncs2)n[nH]1. The minimum atomic E-state index is -0.137. The van der Waals surface area contributed by atoms with Gasteiger partial charge >= 0.3 is 0 Å². The molecule has 1 amide bonds. The Morgan fingerprint density at radius 1 is 1.58 bits per heavy atom. The van der Waals surface area contributed by atoms with Crippen LogP contribution in [0.5, 0.6) is 0 Å². The van der Waals surface area contributed by atoms with E-state index >= 15 is 0 Å². The van der Waals surface area contributed by atoms with Crippen LogP contribution in [-0.4, -0.2) is 37.0 Å². The first-order valence-corrected chi connectivity index (χ1v) is 7.74. The molecule has 0 spiro atoms. The summed E-state index contributed by atoms with van der Waals surface area (Å²) in [5.74, 6) is 0.987. The normalized spacial score (nSPS) is 10.6. The number of rotatable bonds is 7. The predicted molar refractivity (Wildman–Crippen MR) is 74.3 cm³/mol. The lowest BCUT2D eigenvalue weighted by Gasteiger charge is -1.97. The van der Waals surface area contributed by atoms with Gasteiger partial charge < -0.3 is 0 Å². The van der Waals surface area contributed by atoms with Crippen molar-refractivity contribution in [1.82, 2.24) is 25.4 Å². The monoisotopic (exact) mass is 298 g/mol. The number of thioether (sulfide) groups is 1. The van der Waals surface area contributed by atoms with Gasteiger partial charge in [0.25, 0.3) is 0 Å². The average molecular weight is 298 g/mol. The van der Waals surface area contributed by atoms with Gasteiger partial charge in [-0.15, -0.1) is 15.3 Å². The third kappa shape index (κ3) is 4.60. The lowest BCUT2D eigenvalue weighted by Crippen LogP contribution is -2.13. The van der Waals surface area contributed by atoms with Crippen molar-refractivity contribution in [3.8, 4) is 0 Å². The van der Waals surface area contributed by atoms with Crippen LogP contribution in [0.3, 0.4) is 0 Å². The number of amides is 1. The van der Waals surface area contributed by atoms with Crippen molar-refractivity contribution >= 4 is 34.1 Å². The molecule has 0 saturated heterocycles. The van der Waals surface area contributed by atoms with Gasteiger partial charge in [0.1, 0.15) is 11.3 Å². The molecule has 0 fully saturated rings. The molecule has 0 radical (unpaired) electrons. The second-order valence-corrected chi connectivity index (χ2v) is 5.52. The molecule has 9 heteroatoms. The van der Waals surface area contributed by atoms with Crippen LogP contribution < -0.4 is 5.32 Å². The number of H-pyrrole nitrogens is 1. The van der Waals surface area contributed by atoms with Gasteiger partial charge in [-0.2, -0.15) is 0 Å². The zero-order valence-corrected chi connectivity index (χ0v) is 12.1. The topological polar surface area (TPSA) is 96.5 Å². The second-order valence-electron chi connectivity index (χ2n) is 3.75. The first-order chi connectivity index (χ1) is 9.28. The molecular formula is C10H14N6OS2. The molecule has 0 aliphatic heterocycles. The summed E-state index contributed by atoms with van der Waals surface area (Å²) >= 11 is 2.58. The van der Waals surface area contributed by atoms with Crippen molar-refractivity contribution < 1.29 is 4.79 Å². The number of aryl methyl sites for hydroxylation is 1. The first-order valence-electron chi connectivity index (χ1n) is 5.88. The molecule has 2 heterocycles. The average Bonchev–Trinajstić information content (AvgIpc) is 3.05. The third-order valence-electron chi connectivity index (χ3n) is 2.22. The van der Waals surface area contributed by atoms with Crippen molar-refractivity contribution in [2.24, 2.45) is 0 Å². The molecule has 2 rings (SSSR count). The highest BCUT2D eigenvalue weighted by Gasteiger charge is 2.09. The maximum Gasteiger partial charge on any atom is 0.236 e. The van der Waals surface area contributed by atoms with Crippen LogP contribution in [0.4, 0.5) is 5.13 Å². The summed E-state index contributed by atoms with van der Waals surface area (Å²) in [5.41, 5.74) is 1.57. The minimum Gasteiger partial charge on any atom is -0.300 e. The van der Waals surface area contributed by atoms with E-state index in [0.29, 0.717) is 10.3 Å². The molecule has 19 heavy (non-hydrogen) atoms. The van der Waals surface area contributed by atoms with Gasteiger partial charge in [0, 0.05) is 6.42 Å². The number of nitrogens with one attached hydrogen (secondary N) is 2. The second kappa shape index (κ2) is 7.19. The Labute approximate surface area is 118 Å². The summed E-state index contributed by atoms with van der Waals surface area (Å²) in [7, 11) is 0. The lowest BCUT2D eigenvalue weighted by molar-refractivity contribution is -0.113. The number of aromatic amines is 1. The number of aromatic nitrogens is 5. The van der Waals surface area contributed by atoms with Crippen molar-refractivity contribution in [3.05, 3.63) is 11.3 Å². The fourth-order valence-corrected chi connectivity index (χ4v) is 2.39. The molecule has 0 aliphatic carbocycles. The number of nitrogens with zero attached hydrogens (tertiary/aromatic N) is 4. The van der Waals surface area contributed by atoms with Crippen molar-refractivity contribution in [1.29, 1.82) is 0 Å². The Bertz CT molecular complexity index is 512. The van der Waals surface area contributed by atoms with E-state index in [1.165, 1.54) is 23.1 Å². The van der Waals surface area contributed by atoms with Gasteiger partial charge in [0.2, 0.25) is 16.2 Å². The molecule has 0 aromatic carbocycles. The van der Waals surface area contributed by atoms with E-state index in [1.54, 1.807) is 5.51 Å². The standard InChI is InChI=1S/C10H14N6OS2/c1-2-3-4-7-12-9(16-14-7)18-5-8(17)13-10-15-11-6-19-10/h6H,2-5H2,1H3,(H,12,14,16)(H,13,15,17). The van der Waals surface area contributed by atoms with E-state index in [9.17, 15) is 4.79 Å². The number of carbonyl (C=O) groups excluding carboxylic acids is 1. The van der Waals surface area contributed by atoms with Gasteiger partial charge in [-0.05, 0) is 6.42 Å². The molecule has 2 N–H and O–H groups in total. The van der Waals surface area contributed by atoms with Crippen LogP contribution in [0.1, 0.15) is 25.6 Å².